The smallest absolute Gasteiger partial charge is 0.231 e. The van der Waals surface area contributed by atoms with Gasteiger partial charge in [-0.15, -0.1) is 10.2 Å². The van der Waals surface area contributed by atoms with Gasteiger partial charge in [-0.2, -0.15) is 0 Å². The largest absolute Gasteiger partial charge is 0.493 e. The third kappa shape index (κ3) is 4.04. The maximum Gasteiger partial charge on any atom is 0.231 e. The molecule has 2 amide bonds. The first-order valence-corrected chi connectivity index (χ1v) is 10.6. The summed E-state index contributed by atoms with van der Waals surface area (Å²) >= 11 is 1.28. The van der Waals surface area contributed by atoms with Gasteiger partial charge in [0.15, 0.2) is 5.01 Å². The molecule has 1 saturated heterocycles. The van der Waals surface area contributed by atoms with E-state index in [4.69, 9.17) is 4.74 Å². The molecule has 0 aliphatic carbocycles. The number of aromatic nitrogens is 2. The van der Waals surface area contributed by atoms with E-state index in [0.29, 0.717) is 23.3 Å². The van der Waals surface area contributed by atoms with Crippen molar-refractivity contribution >= 4 is 34.0 Å². The number of carbonyl (C=O) groups excluding carboxylic acids is 2. The van der Waals surface area contributed by atoms with Gasteiger partial charge >= 0.3 is 0 Å². The fourth-order valence-corrected chi connectivity index (χ4v) is 4.27. The second kappa shape index (κ2) is 8.62. The lowest BCUT2D eigenvalue weighted by Crippen LogP contribution is -2.28. The first-order valence-electron chi connectivity index (χ1n) is 9.79. The Bertz CT molecular complexity index is 1080. The molecule has 0 radical (unpaired) electrons. The molecule has 8 heteroatoms. The zero-order valence-electron chi connectivity index (χ0n) is 16.8. The summed E-state index contributed by atoms with van der Waals surface area (Å²) in [6.07, 6.45) is 0.180. The van der Waals surface area contributed by atoms with E-state index in [-0.39, 0.29) is 18.2 Å². The van der Waals surface area contributed by atoms with E-state index in [9.17, 15) is 9.59 Å². The number of hydrogen-bond donors (Lipinski definition) is 1. The number of ether oxygens (including phenoxy) is 1. The first kappa shape index (κ1) is 20.0. The van der Waals surface area contributed by atoms with Gasteiger partial charge in [0.1, 0.15) is 5.75 Å². The van der Waals surface area contributed by atoms with Crippen LogP contribution in [0.15, 0.2) is 48.5 Å². The highest BCUT2D eigenvalue weighted by Gasteiger charge is 2.36. The molecule has 1 fully saturated rings. The molecule has 0 bridgehead atoms. The molecule has 2 aromatic carbocycles. The molecule has 154 valence electrons. The fourth-order valence-electron chi connectivity index (χ4n) is 3.50. The van der Waals surface area contributed by atoms with Gasteiger partial charge in [0.2, 0.25) is 16.9 Å². The Hall–Kier alpha value is -3.26. The Morgan fingerprint density at radius 1 is 1.20 bits per heavy atom. The van der Waals surface area contributed by atoms with Crippen molar-refractivity contribution < 1.29 is 14.3 Å². The summed E-state index contributed by atoms with van der Waals surface area (Å²) in [4.78, 5) is 26.9. The van der Waals surface area contributed by atoms with E-state index in [1.807, 2.05) is 62.4 Å². The molecule has 1 aromatic heterocycles. The number of anilines is 2. The van der Waals surface area contributed by atoms with Gasteiger partial charge in [-0.05, 0) is 37.6 Å². The van der Waals surface area contributed by atoms with E-state index in [1.54, 1.807) is 4.90 Å². The van der Waals surface area contributed by atoms with Gasteiger partial charge < -0.3 is 15.0 Å². The summed E-state index contributed by atoms with van der Waals surface area (Å²) in [5.41, 5.74) is 2.69. The number of aryl methyl sites for hydroxylation is 1. The number of benzene rings is 2. The predicted molar refractivity (Wildman–Crippen MR) is 117 cm³/mol. The third-order valence-electron chi connectivity index (χ3n) is 4.97. The normalized spacial score (nSPS) is 16.0. The fraction of sp³-hybridized carbons (Fsp3) is 0.273. The summed E-state index contributed by atoms with van der Waals surface area (Å²) in [5, 5.41) is 12.2. The van der Waals surface area contributed by atoms with Gasteiger partial charge in [0.05, 0.1) is 18.1 Å². The van der Waals surface area contributed by atoms with Crippen LogP contribution in [-0.4, -0.2) is 35.2 Å². The quantitative estimate of drug-likeness (QED) is 0.651. The van der Waals surface area contributed by atoms with Crippen LogP contribution >= 0.6 is 11.3 Å². The molecule has 3 aromatic rings. The van der Waals surface area contributed by atoms with Crippen molar-refractivity contribution in [2.24, 2.45) is 5.92 Å². The number of amides is 2. The molecule has 1 unspecified atom stereocenters. The van der Waals surface area contributed by atoms with Crippen LogP contribution in [0.3, 0.4) is 0 Å². The van der Waals surface area contributed by atoms with Crippen LogP contribution < -0.4 is 15.0 Å². The standard InChI is InChI=1S/C22H22N4O3S/c1-3-29-18-11-7-5-9-16(18)21-24-25-22(30-21)23-20(28)15-12-19(27)26(13-15)17-10-6-4-8-14(17)2/h4-11,15H,3,12-13H2,1-2H3,(H,23,25,28). The predicted octanol–water partition coefficient (Wildman–Crippen LogP) is 3.90. The van der Waals surface area contributed by atoms with Crippen LogP contribution in [0.1, 0.15) is 18.9 Å². The van der Waals surface area contributed by atoms with Gasteiger partial charge in [0, 0.05) is 18.7 Å². The number of nitrogens with zero attached hydrogens (tertiary/aromatic N) is 3. The number of carbonyl (C=O) groups is 2. The lowest BCUT2D eigenvalue weighted by Gasteiger charge is -2.18. The lowest BCUT2D eigenvalue weighted by atomic mass is 10.1. The van der Waals surface area contributed by atoms with Crippen molar-refractivity contribution in [2.75, 3.05) is 23.4 Å². The van der Waals surface area contributed by atoms with Crippen LogP contribution in [0.25, 0.3) is 10.6 Å². The Morgan fingerprint density at radius 2 is 1.97 bits per heavy atom. The topological polar surface area (TPSA) is 84.4 Å². The molecule has 2 heterocycles. The molecule has 1 N–H and O–H groups in total. The summed E-state index contributed by atoms with van der Waals surface area (Å²) in [5.74, 6) is 0.0257. The van der Waals surface area contributed by atoms with E-state index < -0.39 is 5.92 Å². The first-order chi connectivity index (χ1) is 14.6. The molecule has 30 heavy (non-hydrogen) atoms. The molecule has 1 aliphatic rings. The summed E-state index contributed by atoms with van der Waals surface area (Å²) in [6.45, 7) is 4.78. The molecule has 0 spiro atoms. The molecular formula is C22H22N4O3S. The van der Waals surface area contributed by atoms with Crippen LogP contribution in [0.2, 0.25) is 0 Å². The minimum Gasteiger partial charge on any atom is -0.493 e. The van der Waals surface area contributed by atoms with Gasteiger partial charge in [-0.1, -0.05) is 41.7 Å². The Kier molecular flexibility index (Phi) is 5.76. The maximum absolute atomic E-state index is 12.8. The summed E-state index contributed by atoms with van der Waals surface area (Å²) in [7, 11) is 0. The van der Waals surface area contributed by atoms with E-state index in [2.05, 4.69) is 15.5 Å². The monoisotopic (exact) mass is 422 g/mol. The van der Waals surface area contributed by atoms with Crippen LogP contribution in [0.5, 0.6) is 5.75 Å². The SMILES string of the molecule is CCOc1ccccc1-c1nnc(NC(=O)C2CC(=O)N(c3ccccc3C)C2)s1. The molecule has 0 saturated carbocycles. The molecule has 4 rings (SSSR count). The van der Waals surface area contributed by atoms with Crippen molar-refractivity contribution in [1.29, 1.82) is 0 Å². The van der Waals surface area contributed by atoms with Crippen molar-refractivity contribution in [1.82, 2.24) is 10.2 Å². The van der Waals surface area contributed by atoms with Crippen molar-refractivity contribution in [3.63, 3.8) is 0 Å². The highest BCUT2D eigenvalue weighted by Crippen LogP contribution is 2.34. The summed E-state index contributed by atoms with van der Waals surface area (Å²) in [6, 6.07) is 15.3. The minimum atomic E-state index is -0.430. The van der Waals surface area contributed by atoms with Gasteiger partial charge in [-0.25, -0.2) is 0 Å². The van der Waals surface area contributed by atoms with E-state index in [1.165, 1.54) is 11.3 Å². The molecular weight excluding hydrogens is 400 g/mol. The number of para-hydroxylation sites is 2. The average molecular weight is 423 g/mol. The van der Waals surface area contributed by atoms with Crippen LogP contribution in [0.4, 0.5) is 10.8 Å². The zero-order valence-corrected chi connectivity index (χ0v) is 17.6. The second-order valence-electron chi connectivity index (χ2n) is 7.02. The van der Waals surface area contributed by atoms with Crippen LogP contribution in [-0.2, 0) is 9.59 Å². The number of nitrogens with one attached hydrogen (secondary N) is 1. The zero-order chi connectivity index (χ0) is 21.1. The molecule has 7 nitrogen and oxygen atoms in total. The number of hydrogen-bond acceptors (Lipinski definition) is 6. The van der Waals surface area contributed by atoms with E-state index in [0.717, 1.165) is 22.6 Å². The van der Waals surface area contributed by atoms with Gasteiger partial charge in [0.25, 0.3) is 0 Å². The maximum atomic E-state index is 12.8. The highest BCUT2D eigenvalue weighted by atomic mass is 32.1. The Balaban J connectivity index is 1.46. The Labute approximate surface area is 178 Å². The van der Waals surface area contributed by atoms with Crippen molar-refractivity contribution in [3.05, 3.63) is 54.1 Å². The lowest BCUT2D eigenvalue weighted by molar-refractivity contribution is -0.122. The third-order valence-corrected chi connectivity index (χ3v) is 5.85. The van der Waals surface area contributed by atoms with Crippen molar-refractivity contribution in [3.8, 4) is 16.3 Å². The Morgan fingerprint density at radius 3 is 2.77 bits per heavy atom. The summed E-state index contributed by atoms with van der Waals surface area (Å²) < 4.78 is 5.65. The van der Waals surface area contributed by atoms with E-state index >= 15 is 0 Å². The molecule has 1 atom stereocenters. The molecule has 1 aliphatic heterocycles. The van der Waals surface area contributed by atoms with Crippen LogP contribution in [0, 0.1) is 12.8 Å². The highest BCUT2D eigenvalue weighted by molar-refractivity contribution is 7.18. The second-order valence-corrected chi connectivity index (χ2v) is 8.00. The number of rotatable bonds is 6. The van der Waals surface area contributed by atoms with Gasteiger partial charge in [-0.3, -0.25) is 9.59 Å². The minimum absolute atomic E-state index is 0.0481. The van der Waals surface area contributed by atoms with Crippen molar-refractivity contribution in [2.45, 2.75) is 20.3 Å². The average Bonchev–Trinajstić information content (AvgIpc) is 3.36.